The fourth-order valence-corrected chi connectivity index (χ4v) is 3.03. The zero-order valence-corrected chi connectivity index (χ0v) is 12.4. The standard InChI is InChI=1S/C17H17ClN2O/c18-15-5-3-11-20(16-6-2-1-4-14(15)16)17(21)12-7-9-13(19)10-8-12/h1-2,4,6-10,15H,3,5,11,19H2. The highest BCUT2D eigenvalue weighted by molar-refractivity contribution is 6.21. The highest BCUT2D eigenvalue weighted by Gasteiger charge is 2.25. The zero-order valence-electron chi connectivity index (χ0n) is 11.6. The molecule has 0 aromatic heterocycles. The number of anilines is 2. The summed E-state index contributed by atoms with van der Waals surface area (Å²) in [6.45, 7) is 0.684. The summed E-state index contributed by atoms with van der Waals surface area (Å²) in [6.07, 6.45) is 1.77. The average molecular weight is 301 g/mol. The number of hydrogen-bond acceptors (Lipinski definition) is 2. The smallest absolute Gasteiger partial charge is 0.258 e. The van der Waals surface area contributed by atoms with E-state index in [1.165, 1.54) is 0 Å². The quantitative estimate of drug-likeness (QED) is 0.639. The van der Waals surface area contributed by atoms with Gasteiger partial charge < -0.3 is 10.6 Å². The Morgan fingerprint density at radius 3 is 2.62 bits per heavy atom. The molecule has 0 fully saturated rings. The Morgan fingerprint density at radius 2 is 1.86 bits per heavy atom. The molecule has 1 atom stereocenters. The topological polar surface area (TPSA) is 46.3 Å². The van der Waals surface area contributed by atoms with Crippen LogP contribution in [0.25, 0.3) is 0 Å². The van der Waals surface area contributed by atoms with Crippen molar-refractivity contribution in [3.8, 4) is 0 Å². The van der Waals surface area contributed by atoms with Crippen LogP contribution >= 0.6 is 11.6 Å². The van der Waals surface area contributed by atoms with E-state index in [2.05, 4.69) is 0 Å². The molecule has 3 nitrogen and oxygen atoms in total. The number of carbonyl (C=O) groups excluding carboxylic acids is 1. The number of amides is 1. The van der Waals surface area contributed by atoms with Gasteiger partial charge in [0.1, 0.15) is 0 Å². The fraction of sp³-hybridized carbons (Fsp3) is 0.235. The van der Waals surface area contributed by atoms with Gasteiger partial charge in [0.25, 0.3) is 5.91 Å². The van der Waals surface area contributed by atoms with Crippen LogP contribution in [0.4, 0.5) is 11.4 Å². The van der Waals surface area contributed by atoms with Crippen molar-refractivity contribution in [3.05, 3.63) is 59.7 Å². The van der Waals surface area contributed by atoms with Gasteiger partial charge in [-0.15, -0.1) is 11.6 Å². The van der Waals surface area contributed by atoms with Gasteiger partial charge in [-0.05, 0) is 48.7 Å². The molecular formula is C17H17ClN2O. The van der Waals surface area contributed by atoms with Crippen molar-refractivity contribution in [3.63, 3.8) is 0 Å². The molecule has 108 valence electrons. The molecule has 1 unspecified atom stereocenters. The molecule has 2 aromatic rings. The number of nitrogen functional groups attached to an aromatic ring is 1. The van der Waals surface area contributed by atoms with Crippen molar-refractivity contribution in [1.82, 2.24) is 0 Å². The van der Waals surface area contributed by atoms with Crippen LogP contribution in [0.3, 0.4) is 0 Å². The third kappa shape index (κ3) is 2.74. The van der Waals surface area contributed by atoms with Gasteiger partial charge >= 0.3 is 0 Å². The molecule has 21 heavy (non-hydrogen) atoms. The Labute approximate surface area is 129 Å². The second-order valence-corrected chi connectivity index (χ2v) is 5.77. The predicted molar refractivity (Wildman–Crippen MR) is 86.8 cm³/mol. The van der Waals surface area contributed by atoms with E-state index < -0.39 is 0 Å². The van der Waals surface area contributed by atoms with Crippen LogP contribution in [-0.2, 0) is 0 Å². The number of halogens is 1. The summed E-state index contributed by atoms with van der Waals surface area (Å²) in [6, 6.07) is 14.9. The van der Waals surface area contributed by atoms with Crippen LogP contribution in [0.15, 0.2) is 48.5 Å². The first-order chi connectivity index (χ1) is 10.2. The molecule has 1 heterocycles. The van der Waals surface area contributed by atoms with Gasteiger partial charge in [0, 0.05) is 23.5 Å². The summed E-state index contributed by atoms with van der Waals surface area (Å²) in [4.78, 5) is 14.6. The lowest BCUT2D eigenvalue weighted by molar-refractivity contribution is 0.0987. The number of rotatable bonds is 1. The van der Waals surface area contributed by atoms with Gasteiger partial charge in [-0.25, -0.2) is 0 Å². The number of carbonyl (C=O) groups is 1. The first kappa shape index (κ1) is 14.0. The Kier molecular flexibility index (Phi) is 3.84. The van der Waals surface area contributed by atoms with Gasteiger partial charge in [-0.2, -0.15) is 0 Å². The first-order valence-electron chi connectivity index (χ1n) is 7.07. The number of alkyl halides is 1. The van der Waals surface area contributed by atoms with Gasteiger partial charge in [0.15, 0.2) is 0 Å². The first-order valence-corrected chi connectivity index (χ1v) is 7.51. The summed E-state index contributed by atoms with van der Waals surface area (Å²) in [5, 5.41) is -0.0367. The highest BCUT2D eigenvalue weighted by atomic mass is 35.5. The molecule has 0 aliphatic carbocycles. The number of nitrogens with zero attached hydrogens (tertiary/aromatic N) is 1. The second kappa shape index (κ2) is 5.78. The van der Waals surface area contributed by atoms with Crippen LogP contribution < -0.4 is 10.6 Å². The van der Waals surface area contributed by atoms with Crippen molar-refractivity contribution in [1.29, 1.82) is 0 Å². The Morgan fingerprint density at radius 1 is 1.14 bits per heavy atom. The lowest BCUT2D eigenvalue weighted by atomic mass is 10.1. The van der Waals surface area contributed by atoms with E-state index in [-0.39, 0.29) is 11.3 Å². The average Bonchev–Trinajstić information content (AvgIpc) is 2.67. The van der Waals surface area contributed by atoms with Gasteiger partial charge in [0.2, 0.25) is 0 Å². The predicted octanol–water partition coefficient (Wildman–Crippen LogP) is 3.99. The zero-order chi connectivity index (χ0) is 14.8. The minimum absolute atomic E-state index is 0.00628. The molecule has 0 spiro atoms. The maximum Gasteiger partial charge on any atom is 0.258 e. The maximum absolute atomic E-state index is 12.8. The largest absolute Gasteiger partial charge is 0.399 e. The molecule has 1 amide bonds. The molecule has 4 heteroatoms. The van der Waals surface area contributed by atoms with Gasteiger partial charge in [0.05, 0.1) is 5.38 Å². The molecule has 0 radical (unpaired) electrons. The molecule has 2 N–H and O–H groups in total. The number of para-hydroxylation sites is 1. The van der Waals surface area contributed by atoms with E-state index in [1.54, 1.807) is 24.3 Å². The molecule has 0 bridgehead atoms. The van der Waals surface area contributed by atoms with E-state index in [1.807, 2.05) is 29.2 Å². The van der Waals surface area contributed by atoms with Crippen molar-refractivity contribution < 1.29 is 4.79 Å². The summed E-state index contributed by atoms with van der Waals surface area (Å²) < 4.78 is 0. The van der Waals surface area contributed by atoms with E-state index in [0.29, 0.717) is 17.8 Å². The van der Waals surface area contributed by atoms with Crippen LogP contribution in [0.1, 0.15) is 34.1 Å². The molecule has 0 saturated heterocycles. The third-order valence-electron chi connectivity index (χ3n) is 3.81. The van der Waals surface area contributed by atoms with E-state index in [9.17, 15) is 4.79 Å². The number of nitrogens with two attached hydrogens (primary N) is 1. The Hall–Kier alpha value is -2.00. The van der Waals surface area contributed by atoms with Crippen LogP contribution in [0.5, 0.6) is 0 Å². The maximum atomic E-state index is 12.8. The van der Waals surface area contributed by atoms with E-state index in [4.69, 9.17) is 17.3 Å². The van der Waals surface area contributed by atoms with Gasteiger partial charge in [-0.1, -0.05) is 18.2 Å². The van der Waals surface area contributed by atoms with Crippen LogP contribution in [-0.4, -0.2) is 12.5 Å². The monoisotopic (exact) mass is 300 g/mol. The van der Waals surface area contributed by atoms with Crippen LogP contribution in [0.2, 0.25) is 0 Å². The number of hydrogen-bond donors (Lipinski definition) is 1. The molecular weight excluding hydrogens is 284 g/mol. The lowest BCUT2D eigenvalue weighted by Crippen LogP contribution is -2.31. The Bertz CT molecular complexity index is 654. The number of fused-ring (bicyclic) bond motifs is 1. The summed E-state index contributed by atoms with van der Waals surface area (Å²) >= 11 is 6.43. The normalized spacial score (nSPS) is 18.0. The third-order valence-corrected chi connectivity index (χ3v) is 4.26. The minimum Gasteiger partial charge on any atom is -0.399 e. The summed E-state index contributed by atoms with van der Waals surface area (Å²) in [5.74, 6) is -0.00628. The van der Waals surface area contributed by atoms with E-state index in [0.717, 1.165) is 24.1 Å². The minimum atomic E-state index is -0.0367. The van der Waals surface area contributed by atoms with Gasteiger partial charge in [-0.3, -0.25) is 4.79 Å². The molecule has 2 aromatic carbocycles. The molecule has 0 saturated carbocycles. The van der Waals surface area contributed by atoms with Crippen LogP contribution in [0, 0.1) is 0 Å². The number of benzene rings is 2. The van der Waals surface area contributed by atoms with E-state index >= 15 is 0 Å². The molecule has 1 aliphatic rings. The van der Waals surface area contributed by atoms with Crippen molar-refractivity contribution >= 4 is 28.9 Å². The SMILES string of the molecule is Nc1ccc(C(=O)N2CCCC(Cl)c3ccccc32)cc1. The summed E-state index contributed by atoms with van der Waals surface area (Å²) in [5.41, 5.74) is 8.93. The molecule has 3 rings (SSSR count). The highest BCUT2D eigenvalue weighted by Crippen LogP contribution is 2.37. The van der Waals surface area contributed by atoms with Crippen molar-refractivity contribution in [2.75, 3.05) is 17.2 Å². The summed E-state index contributed by atoms with van der Waals surface area (Å²) in [7, 11) is 0. The second-order valence-electron chi connectivity index (χ2n) is 5.25. The lowest BCUT2D eigenvalue weighted by Gasteiger charge is -2.23. The van der Waals surface area contributed by atoms with Crippen molar-refractivity contribution in [2.24, 2.45) is 0 Å². The molecule has 1 aliphatic heterocycles. The fourth-order valence-electron chi connectivity index (χ4n) is 2.70. The Balaban J connectivity index is 1.99. The van der Waals surface area contributed by atoms with Crippen molar-refractivity contribution in [2.45, 2.75) is 18.2 Å².